The van der Waals surface area contributed by atoms with Crippen LogP contribution in [0.4, 0.5) is 0 Å². The molecule has 1 spiro atoms. The number of carbonyl (C=O) groups is 1. The van der Waals surface area contributed by atoms with Gasteiger partial charge in [0.1, 0.15) is 6.61 Å². The maximum atomic E-state index is 12.2. The number of esters is 1. The van der Waals surface area contributed by atoms with Gasteiger partial charge in [0.2, 0.25) is 0 Å². The molecule has 1 aliphatic heterocycles. The average molecular weight is 357 g/mol. The number of rotatable bonds is 1. The molecule has 5 saturated carbocycles. The summed E-state index contributed by atoms with van der Waals surface area (Å²) in [5.74, 6) is 3.00. The lowest BCUT2D eigenvalue weighted by Crippen LogP contribution is -2.59. The normalized spacial score (nSPS) is 57.4. The van der Waals surface area contributed by atoms with Gasteiger partial charge in [0, 0.05) is 11.5 Å². The quantitative estimate of drug-likeness (QED) is 0.715. The van der Waals surface area contributed by atoms with Gasteiger partial charge in [0.15, 0.2) is 0 Å². The van der Waals surface area contributed by atoms with E-state index < -0.39 is 5.60 Å². The van der Waals surface area contributed by atoms with Crippen LogP contribution in [0, 0.1) is 40.4 Å². The smallest absolute Gasteiger partial charge is 0.331 e. The number of aliphatic hydroxyl groups is 1. The molecule has 6 aliphatic rings. The fourth-order valence-electron chi connectivity index (χ4n) is 9.14. The van der Waals surface area contributed by atoms with E-state index in [1.807, 2.05) is 0 Å². The number of hydrogen-bond acceptors (Lipinski definition) is 3. The van der Waals surface area contributed by atoms with Gasteiger partial charge in [-0.1, -0.05) is 19.8 Å². The van der Waals surface area contributed by atoms with Crippen LogP contribution in [0.3, 0.4) is 0 Å². The zero-order valence-corrected chi connectivity index (χ0v) is 16.0. The van der Waals surface area contributed by atoms with E-state index in [9.17, 15) is 9.90 Å². The summed E-state index contributed by atoms with van der Waals surface area (Å²) in [4.78, 5) is 11.6. The van der Waals surface area contributed by atoms with E-state index in [0.29, 0.717) is 29.8 Å². The summed E-state index contributed by atoms with van der Waals surface area (Å²) in [7, 11) is 0. The first-order chi connectivity index (χ1) is 12.5. The van der Waals surface area contributed by atoms with Gasteiger partial charge in [0.25, 0.3) is 0 Å². The molecule has 5 aliphatic carbocycles. The third kappa shape index (κ3) is 1.73. The van der Waals surface area contributed by atoms with Crippen LogP contribution in [0.25, 0.3) is 0 Å². The van der Waals surface area contributed by atoms with Gasteiger partial charge in [-0.25, -0.2) is 4.79 Å². The molecule has 6 rings (SSSR count). The molecule has 0 aromatic rings. The van der Waals surface area contributed by atoms with Crippen LogP contribution in [-0.2, 0) is 9.53 Å². The molecule has 0 aromatic heterocycles. The van der Waals surface area contributed by atoms with Gasteiger partial charge in [-0.05, 0) is 91.9 Å². The first kappa shape index (κ1) is 16.2. The van der Waals surface area contributed by atoms with E-state index in [2.05, 4.69) is 6.92 Å². The predicted octanol–water partition coefficient (Wildman–Crippen LogP) is 4.24. The van der Waals surface area contributed by atoms with E-state index in [1.165, 1.54) is 56.9 Å². The molecule has 3 nitrogen and oxygen atoms in total. The molecule has 26 heavy (non-hydrogen) atoms. The van der Waals surface area contributed by atoms with Gasteiger partial charge in [-0.15, -0.1) is 0 Å². The summed E-state index contributed by atoms with van der Waals surface area (Å²) in [5, 5.41) is 12.2. The molecule has 142 valence electrons. The molecule has 3 heteroatoms. The van der Waals surface area contributed by atoms with Gasteiger partial charge in [0.05, 0.1) is 5.60 Å². The highest BCUT2D eigenvalue weighted by Crippen LogP contribution is 2.81. The Kier molecular flexibility index (Phi) is 3.08. The Bertz CT molecular complexity index is 698. The van der Waals surface area contributed by atoms with Crippen LogP contribution in [0.1, 0.15) is 71.1 Å². The number of fused-ring (bicyclic) bond motifs is 4. The van der Waals surface area contributed by atoms with Crippen LogP contribution in [0.5, 0.6) is 0 Å². The molecule has 8 atom stereocenters. The summed E-state index contributed by atoms with van der Waals surface area (Å²) in [5.41, 5.74) is 1.24. The summed E-state index contributed by atoms with van der Waals surface area (Å²) in [6.07, 6.45) is 14.4. The van der Waals surface area contributed by atoms with E-state index in [4.69, 9.17) is 4.74 Å². The summed E-state index contributed by atoms with van der Waals surface area (Å²) in [6, 6.07) is 0. The van der Waals surface area contributed by atoms with Crippen molar-refractivity contribution in [3.05, 3.63) is 11.6 Å². The van der Waals surface area contributed by atoms with Crippen molar-refractivity contribution in [2.24, 2.45) is 40.4 Å². The maximum Gasteiger partial charge on any atom is 0.331 e. The van der Waals surface area contributed by atoms with Crippen molar-refractivity contribution in [1.29, 1.82) is 0 Å². The first-order valence-electron chi connectivity index (χ1n) is 11.1. The van der Waals surface area contributed by atoms with Crippen molar-refractivity contribution in [3.63, 3.8) is 0 Å². The molecule has 1 heterocycles. The van der Waals surface area contributed by atoms with Crippen LogP contribution < -0.4 is 0 Å². The Labute approximate surface area is 156 Å². The average Bonchev–Trinajstić information content (AvgIpc) is 3.07. The molecule has 5 fully saturated rings. The lowest BCUT2D eigenvalue weighted by atomic mass is 9.46. The number of cyclic esters (lactones) is 1. The Morgan fingerprint density at radius 2 is 1.96 bits per heavy atom. The minimum atomic E-state index is -0.483. The molecule has 0 radical (unpaired) electrons. The monoisotopic (exact) mass is 356 g/mol. The third-order valence-electron chi connectivity index (χ3n) is 10.3. The molecule has 0 aromatic carbocycles. The lowest BCUT2D eigenvalue weighted by Gasteiger charge is -2.60. The highest BCUT2D eigenvalue weighted by atomic mass is 16.5. The third-order valence-corrected chi connectivity index (χ3v) is 10.3. The molecule has 1 N–H and O–H groups in total. The molecule has 0 saturated heterocycles. The van der Waals surface area contributed by atoms with Crippen LogP contribution >= 0.6 is 0 Å². The Hall–Kier alpha value is -0.830. The lowest BCUT2D eigenvalue weighted by molar-refractivity contribution is -0.177. The molecule has 0 amide bonds. The van der Waals surface area contributed by atoms with Crippen LogP contribution in [-0.4, -0.2) is 23.3 Å². The van der Waals surface area contributed by atoms with Gasteiger partial charge >= 0.3 is 5.97 Å². The van der Waals surface area contributed by atoms with E-state index >= 15 is 0 Å². The predicted molar refractivity (Wildman–Crippen MR) is 98.2 cm³/mol. The van der Waals surface area contributed by atoms with Gasteiger partial charge in [-0.2, -0.15) is 0 Å². The van der Waals surface area contributed by atoms with Crippen molar-refractivity contribution in [1.82, 2.24) is 0 Å². The Morgan fingerprint density at radius 1 is 1.08 bits per heavy atom. The van der Waals surface area contributed by atoms with E-state index in [1.54, 1.807) is 6.08 Å². The highest BCUT2D eigenvalue weighted by Gasteiger charge is 2.79. The molecule has 0 unspecified atom stereocenters. The van der Waals surface area contributed by atoms with Crippen molar-refractivity contribution in [2.45, 2.75) is 76.7 Å². The van der Waals surface area contributed by atoms with Crippen LogP contribution in [0.2, 0.25) is 0 Å². The SMILES string of the molecule is C[C@]12CCCC[C@H]1CC[C@@H]1[C@@H]2C[C@H]2C[C@]23[C@@H](C2=CC(=O)OC2)CC[C@]13O. The van der Waals surface area contributed by atoms with Crippen molar-refractivity contribution < 1.29 is 14.6 Å². The summed E-state index contributed by atoms with van der Waals surface area (Å²) < 4.78 is 5.23. The molecule has 0 bridgehead atoms. The van der Waals surface area contributed by atoms with Crippen molar-refractivity contribution >= 4 is 5.97 Å². The highest BCUT2D eigenvalue weighted by molar-refractivity contribution is 5.85. The fraction of sp³-hybridized carbons (Fsp3) is 0.870. The summed E-state index contributed by atoms with van der Waals surface area (Å²) >= 11 is 0. The zero-order valence-electron chi connectivity index (χ0n) is 16.0. The van der Waals surface area contributed by atoms with Crippen LogP contribution in [0.15, 0.2) is 11.6 Å². The minimum Gasteiger partial charge on any atom is -0.458 e. The summed E-state index contributed by atoms with van der Waals surface area (Å²) in [6.45, 7) is 3.05. The zero-order chi connectivity index (χ0) is 17.7. The largest absolute Gasteiger partial charge is 0.458 e. The van der Waals surface area contributed by atoms with Gasteiger partial charge in [-0.3, -0.25) is 0 Å². The standard InChI is InChI=1S/C23H32O3/c1-21-8-3-2-4-15(21)5-6-18-19(21)11-16-12-22(16)17(7-9-23(18,22)25)14-10-20(24)26-13-14/h10,15-19,25H,2-9,11-13H2,1H3/t15-,16-,17+,18+,19-,21-,22+,23-/m0/s1. The fourth-order valence-corrected chi connectivity index (χ4v) is 9.14. The Morgan fingerprint density at radius 3 is 2.77 bits per heavy atom. The maximum absolute atomic E-state index is 12.2. The number of carbonyl (C=O) groups excluding carboxylic acids is 1. The molecular weight excluding hydrogens is 324 g/mol. The topological polar surface area (TPSA) is 46.5 Å². The number of hydrogen-bond donors (Lipinski definition) is 1. The number of ether oxygens (including phenoxy) is 1. The van der Waals surface area contributed by atoms with E-state index in [-0.39, 0.29) is 11.4 Å². The molecular formula is C23H32O3. The second-order valence-electron chi connectivity index (χ2n) is 10.8. The van der Waals surface area contributed by atoms with Crippen molar-refractivity contribution in [2.75, 3.05) is 6.61 Å². The van der Waals surface area contributed by atoms with Crippen molar-refractivity contribution in [3.8, 4) is 0 Å². The van der Waals surface area contributed by atoms with Gasteiger partial charge < -0.3 is 9.84 Å². The first-order valence-corrected chi connectivity index (χ1v) is 11.1. The minimum absolute atomic E-state index is 0.0752. The Balaban J connectivity index is 1.37. The second kappa shape index (κ2) is 4.96. The van der Waals surface area contributed by atoms with E-state index in [0.717, 1.165) is 24.7 Å². The second-order valence-corrected chi connectivity index (χ2v) is 10.8.